The zero-order chi connectivity index (χ0) is 17.5. The molecule has 1 fully saturated rings. The van der Waals surface area contributed by atoms with Gasteiger partial charge < -0.3 is 15.0 Å². The van der Waals surface area contributed by atoms with Gasteiger partial charge in [0.25, 0.3) is 6.43 Å². The third-order valence-corrected chi connectivity index (χ3v) is 4.28. The highest BCUT2D eigenvalue weighted by Crippen LogP contribution is 2.20. The molecule has 0 spiro atoms. The number of hydrogen-bond donors (Lipinski definition) is 1. The molecule has 134 valence electrons. The molecule has 1 heterocycles. The van der Waals surface area contributed by atoms with Crippen LogP contribution >= 0.6 is 0 Å². The average Bonchev–Trinajstić information content (AvgIpc) is 2.59. The molecule has 0 aliphatic carbocycles. The molecule has 5 nitrogen and oxygen atoms in total. The smallest absolute Gasteiger partial charge is 0.317 e. The van der Waals surface area contributed by atoms with Crippen molar-refractivity contribution in [3.63, 3.8) is 0 Å². The molecule has 2 rings (SSSR count). The van der Waals surface area contributed by atoms with Crippen LogP contribution in [0.4, 0.5) is 13.6 Å². The van der Waals surface area contributed by atoms with E-state index in [9.17, 15) is 13.6 Å². The zero-order valence-corrected chi connectivity index (χ0v) is 14.2. The van der Waals surface area contributed by atoms with Crippen LogP contribution in [0, 0.1) is 0 Å². The predicted octanol–water partition coefficient (Wildman–Crippen LogP) is 2.74. The molecule has 24 heavy (non-hydrogen) atoms. The van der Waals surface area contributed by atoms with E-state index in [-0.39, 0.29) is 18.6 Å². The van der Waals surface area contributed by atoms with E-state index < -0.39 is 6.43 Å². The molecular formula is C17H25F2N3O2. The topological polar surface area (TPSA) is 44.8 Å². The number of ether oxygens (including phenoxy) is 1. The van der Waals surface area contributed by atoms with Crippen molar-refractivity contribution in [3.8, 4) is 5.75 Å². The molecule has 0 saturated carbocycles. The van der Waals surface area contributed by atoms with Crippen molar-refractivity contribution in [3.05, 3.63) is 29.8 Å². The van der Waals surface area contributed by atoms with Crippen molar-refractivity contribution in [2.45, 2.75) is 25.8 Å². The number of piperazine rings is 1. The van der Waals surface area contributed by atoms with Crippen LogP contribution < -0.4 is 10.1 Å². The molecule has 1 aromatic rings. The third-order valence-electron chi connectivity index (χ3n) is 4.28. The fourth-order valence-electron chi connectivity index (χ4n) is 2.83. The van der Waals surface area contributed by atoms with Crippen molar-refractivity contribution in [1.82, 2.24) is 15.1 Å². The highest BCUT2D eigenvalue weighted by Gasteiger charge is 2.24. The summed E-state index contributed by atoms with van der Waals surface area (Å²) in [6.07, 6.45) is -1.56. The number of halogens is 2. The van der Waals surface area contributed by atoms with Gasteiger partial charge >= 0.3 is 6.03 Å². The Bertz CT molecular complexity index is 517. The van der Waals surface area contributed by atoms with Gasteiger partial charge in [-0.3, -0.25) is 4.90 Å². The van der Waals surface area contributed by atoms with Gasteiger partial charge in [-0.25, -0.2) is 13.6 Å². The van der Waals surface area contributed by atoms with Gasteiger partial charge in [-0.05, 0) is 24.1 Å². The number of hydrogen-bond acceptors (Lipinski definition) is 3. The average molecular weight is 341 g/mol. The Labute approximate surface area is 141 Å². The van der Waals surface area contributed by atoms with E-state index >= 15 is 0 Å². The molecule has 1 N–H and O–H groups in total. The highest BCUT2D eigenvalue weighted by molar-refractivity contribution is 5.74. The van der Waals surface area contributed by atoms with Crippen LogP contribution in [0.5, 0.6) is 5.75 Å². The molecule has 1 aliphatic rings. The van der Waals surface area contributed by atoms with Crippen molar-refractivity contribution in [2.75, 3.05) is 39.8 Å². The summed E-state index contributed by atoms with van der Waals surface area (Å²) in [4.78, 5) is 15.8. The van der Waals surface area contributed by atoms with Gasteiger partial charge in [0.15, 0.2) is 0 Å². The van der Waals surface area contributed by atoms with E-state index in [2.05, 4.69) is 5.32 Å². The Morgan fingerprint density at radius 2 is 1.83 bits per heavy atom. The number of nitrogens with one attached hydrogen (secondary N) is 1. The molecule has 0 aromatic heterocycles. The SMILES string of the molecule is CC[C@H](NC(=O)N1CCN(CC(F)F)CC1)c1ccc(OC)cc1. The minimum Gasteiger partial charge on any atom is -0.497 e. The minimum atomic E-state index is -2.33. The molecule has 1 saturated heterocycles. The monoisotopic (exact) mass is 341 g/mol. The molecule has 2 amide bonds. The summed E-state index contributed by atoms with van der Waals surface area (Å²) in [5, 5.41) is 3.03. The van der Waals surface area contributed by atoms with Crippen molar-refractivity contribution >= 4 is 6.03 Å². The third kappa shape index (κ3) is 5.06. The van der Waals surface area contributed by atoms with Gasteiger partial charge in [0.1, 0.15) is 5.75 Å². The number of urea groups is 1. The Kier molecular flexibility index (Phi) is 6.78. The number of carbonyl (C=O) groups is 1. The number of rotatable bonds is 6. The zero-order valence-electron chi connectivity index (χ0n) is 14.2. The molecular weight excluding hydrogens is 316 g/mol. The summed E-state index contributed by atoms with van der Waals surface area (Å²) >= 11 is 0. The number of benzene rings is 1. The first-order valence-electron chi connectivity index (χ1n) is 8.23. The van der Waals surface area contributed by atoms with E-state index in [1.54, 1.807) is 16.9 Å². The molecule has 1 atom stereocenters. The lowest BCUT2D eigenvalue weighted by Crippen LogP contribution is -2.52. The van der Waals surface area contributed by atoms with Crippen LogP contribution in [-0.2, 0) is 0 Å². The lowest BCUT2D eigenvalue weighted by atomic mass is 10.0. The van der Waals surface area contributed by atoms with Crippen molar-refractivity contribution < 1.29 is 18.3 Å². The fourth-order valence-corrected chi connectivity index (χ4v) is 2.83. The number of nitrogens with zero attached hydrogens (tertiary/aromatic N) is 2. The van der Waals surface area contributed by atoms with Gasteiger partial charge in [0.2, 0.25) is 0 Å². The second-order valence-electron chi connectivity index (χ2n) is 5.86. The van der Waals surface area contributed by atoms with Gasteiger partial charge in [-0.2, -0.15) is 0 Å². The van der Waals surface area contributed by atoms with E-state index in [0.717, 1.165) is 17.7 Å². The van der Waals surface area contributed by atoms with E-state index in [4.69, 9.17) is 4.74 Å². The maximum atomic E-state index is 12.4. The molecule has 7 heteroatoms. The molecule has 0 bridgehead atoms. The summed E-state index contributed by atoms with van der Waals surface area (Å²) in [7, 11) is 1.61. The largest absolute Gasteiger partial charge is 0.497 e. The number of methoxy groups -OCH3 is 1. The lowest BCUT2D eigenvalue weighted by Gasteiger charge is -2.35. The maximum absolute atomic E-state index is 12.4. The van der Waals surface area contributed by atoms with E-state index in [1.807, 2.05) is 31.2 Å². The number of amides is 2. The second-order valence-corrected chi connectivity index (χ2v) is 5.86. The molecule has 0 unspecified atom stereocenters. The van der Waals surface area contributed by atoms with Gasteiger partial charge in [0, 0.05) is 26.2 Å². The Hall–Kier alpha value is -1.89. The summed E-state index contributed by atoms with van der Waals surface area (Å²) in [6.45, 7) is 3.69. The summed E-state index contributed by atoms with van der Waals surface area (Å²) < 4.78 is 29.9. The first-order chi connectivity index (χ1) is 11.5. The standard InChI is InChI=1S/C17H25F2N3O2/c1-3-15(13-4-6-14(24-2)7-5-13)20-17(23)22-10-8-21(9-11-22)12-16(18)19/h4-7,15-16H,3,8-12H2,1-2H3,(H,20,23)/t15-/m0/s1. The first-order valence-corrected chi connectivity index (χ1v) is 8.23. The number of carbonyl (C=O) groups excluding carboxylic acids is 1. The first kappa shape index (κ1) is 18.4. The number of alkyl halides is 2. The molecule has 1 aliphatic heterocycles. The fraction of sp³-hybridized carbons (Fsp3) is 0.588. The van der Waals surface area contributed by atoms with Crippen LogP contribution in [-0.4, -0.2) is 62.1 Å². The lowest BCUT2D eigenvalue weighted by molar-refractivity contribution is 0.0632. The van der Waals surface area contributed by atoms with Crippen LogP contribution in [0.15, 0.2) is 24.3 Å². The Balaban J connectivity index is 1.88. The van der Waals surface area contributed by atoms with Crippen LogP contribution in [0.1, 0.15) is 24.9 Å². The normalized spacial score (nSPS) is 17.0. The van der Waals surface area contributed by atoms with Crippen molar-refractivity contribution in [1.29, 1.82) is 0 Å². The van der Waals surface area contributed by atoms with Gasteiger partial charge in [0.05, 0.1) is 19.7 Å². The van der Waals surface area contributed by atoms with Gasteiger partial charge in [-0.1, -0.05) is 19.1 Å². The quantitative estimate of drug-likeness (QED) is 0.865. The van der Waals surface area contributed by atoms with E-state index in [0.29, 0.717) is 26.2 Å². The Morgan fingerprint density at radius 3 is 2.33 bits per heavy atom. The summed E-state index contributed by atoms with van der Waals surface area (Å²) in [5.41, 5.74) is 1.02. The maximum Gasteiger partial charge on any atom is 0.317 e. The highest BCUT2D eigenvalue weighted by atomic mass is 19.3. The van der Waals surface area contributed by atoms with E-state index in [1.165, 1.54) is 0 Å². The summed E-state index contributed by atoms with van der Waals surface area (Å²) in [6, 6.07) is 7.39. The predicted molar refractivity (Wildman–Crippen MR) is 88.6 cm³/mol. The Morgan fingerprint density at radius 1 is 1.21 bits per heavy atom. The minimum absolute atomic E-state index is 0.0810. The van der Waals surface area contributed by atoms with Crippen LogP contribution in [0.25, 0.3) is 0 Å². The van der Waals surface area contributed by atoms with Gasteiger partial charge in [-0.15, -0.1) is 0 Å². The van der Waals surface area contributed by atoms with Crippen LogP contribution in [0.2, 0.25) is 0 Å². The van der Waals surface area contributed by atoms with Crippen molar-refractivity contribution in [2.24, 2.45) is 0 Å². The van der Waals surface area contributed by atoms with Crippen LogP contribution in [0.3, 0.4) is 0 Å². The molecule has 0 radical (unpaired) electrons. The second kappa shape index (κ2) is 8.82. The molecule has 1 aromatic carbocycles. The summed E-state index contributed by atoms with van der Waals surface area (Å²) in [5.74, 6) is 0.773.